The summed E-state index contributed by atoms with van der Waals surface area (Å²) < 4.78 is 0. The summed E-state index contributed by atoms with van der Waals surface area (Å²) in [5.41, 5.74) is 0.388. The Bertz CT molecular complexity index is 389. The number of para-hydroxylation sites is 1. The highest BCUT2D eigenvalue weighted by Gasteiger charge is 2.20. The summed E-state index contributed by atoms with van der Waals surface area (Å²) in [5.74, 6) is 0.799. The van der Waals surface area contributed by atoms with Gasteiger partial charge in [-0.15, -0.1) is 0 Å². The lowest BCUT2D eigenvalue weighted by Crippen LogP contribution is -2.37. The van der Waals surface area contributed by atoms with Crippen molar-refractivity contribution in [3.8, 4) is 5.75 Å². The van der Waals surface area contributed by atoms with Crippen molar-refractivity contribution in [1.29, 1.82) is 0 Å². The number of phenols is 1. The van der Waals surface area contributed by atoms with E-state index in [4.69, 9.17) is 0 Å². The maximum absolute atomic E-state index is 12.4. The largest absolute Gasteiger partial charge is 0.507 e. The van der Waals surface area contributed by atoms with E-state index in [1.165, 1.54) is 0 Å². The smallest absolute Gasteiger partial charge is 0.257 e. The van der Waals surface area contributed by atoms with Gasteiger partial charge in [-0.1, -0.05) is 39.8 Å². The topological polar surface area (TPSA) is 40.5 Å². The van der Waals surface area contributed by atoms with Gasteiger partial charge < -0.3 is 10.0 Å². The van der Waals surface area contributed by atoms with E-state index in [1.807, 2.05) is 4.90 Å². The average Bonchev–Trinajstić information content (AvgIpc) is 2.26. The number of carbonyl (C=O) groups excluding carboxylic acids is 1. The van der Waals surface area contributed by atoms with Gasteiger partial charge in [0.25, 0.3) is 5.91 Å². The van der Waals surface area contributed by atoms with Crippen LogP contribution in [0.4, 0.5) is 0 Å². The highest BCUT2D eigenvalue weighted by atomic mass is 16.3. The fourth-order valence-corrected chi connectivity index (χ4v) is 1.95. The summed E-state index contributed by atoms with van der Waals surface area (Å²) in [6.07, 6.45) is 0. The number of phenolic OH excluding ortho intramolecular Hbond substituents is 1. The predicted molar refractivity (Wildman–Crippen MR) is 73.7 cm³/mol. The molecule has 0 bridgehead atoms. The quantitative estimate of drug-likeness (QED) is 0.871. The third-order valence-electron chi connectivity index (χ3n) is 2.59. The number of carbonyl (C=O) groups is 1. The highest BCUT2D eigenvalue weighted by Crippen LogP contribution is 2.19. The fraction of sp³-hybridized carbons (Fsp3) is 0.533. The Balaban J connectivity index is 2.91. The number of hydrogen-bond acceptors (Lipinski definition) is 2. The molecule has 0 aliphatic heterocycles. The van der Waals surface area contributed by atoms with E-state index < -0.39 is 0 Å². The SMILES string of the molecule is CC(C)CN(CC(C)C)C(=O)c1ccccc1O. The monoisotopic (exact) mass is 249 g/mol. The van der Waals surface area contributed by atoms with Gasteiger partial charge in [0.05, 0.1) is 5.56 Å². The van der Waals surface area contributed by atoms with Crippen molar-refractivity contribution in [3.63, 3.8) is 0 Å². The van der Waals surface area contributed by atoms with Gasteiger partial charge in [0.2, 0.25) is 0 Å². The van der Waals surface area contributed by atoms with Crippen LogP contribution in [-0.4, -0.2) is 29.0 Å². The van der Waals surface area contributed by atoms with Gasteiger partial charge in [0.1, 0.15) is 5.75 Å². The molecule has 0 atom stereocenters. The summed E-state index contributed by atoms with van der Waals surface area (Å²) in [5, 5.41) is 9.75. The van der Waals surface area contributed by atoms with Crippen molar-refractivity contribution in [2.75, 3.05) is 13.1 Å². The van der Waals surface area contributed by atoms with Gasteiger partial charge in [0.15, 0.2) is 0 Å². The molecule has 0 saturated heterocycles. The van der Waals surface area contributed by atoms with Crippen LogP contribution in [0.5, 0.6) is 5.75 Å². The molecule has 0 fully saturated rings. The first-order chi connectivity index (χ1) is 8.41. The minimum absolute atomic E-state index is 0.0556. The lowest BCUT2D eigenvalue weighted by Gasteiger charge is -2.26. The van der Waals surface area contributed by atoms with Crippen LogP contribution >= 0.6 is 0 Å². The first-order valence-electron chi connectivity index (χ1n) is 6.49. The van der Waals surface area contributed by atoms with Crippen LogP contribution in [0.1, 0.15) is 38.1 Å². The molecule has 0 radical (unpaired) electrons. The Labute approximate surface area is 109 Å². The Morgan fingerprint density at radius 2 is 1.61 bits per heavy atom. The molecule has 1 aromatic rings. The van der Waals surface area contributed by atoms with Gasteiger partial charge in [-0.3, -0.25) is 4.79 Å². The Morgan fingerprint density at radius 1 is 1.11 bits per heavy atom. The number of amides is 1. The van der Waals surface area contributed by atoms with E-state index in [9.17, 15) is 9.90 Å². The van der Waals surface area contributed by atoms with E-state index in [2.05, 4.69) is 27.7 Å². The molecule has 18 heavy (non-hydrogen) atoms. The van der Waals surface area contributed by atoms with Crippen LogP contribution in [0.2, 0.25) is 0 Å². The molecule has 0 aliphatic rings. The molecular weight excluding hydrogens is 226 g/mol. The van der Waals surface area contributed by atoms with E-state index in [0.29, 0.717) is 30.5 Å². The summed E-state index contributed by atoms with van der Waals surface area (Å²) >= 11 is 0. The Kier molecular flexibility index (Phi) is 5.20. The van der Waals surface area contributed by atoms with Crippen LogP contribution in [0.3, 0.4) is 0 Å². The minimum Gasteiger partial charge on any atom is -0.507 e. The molecule has 0 aliphatic carbocycles. The van der Waals surface area contributed by atoms with Gasteiger partial charge in [-0.2, -0.15) is 0 Å². The van der Waals surface area contributed by atoms with Crippen molar-refractivity contribution in [1.82, 2.24) is 4.90 Å². The number of rotatable bonds is 5. The first-order valence-corrected chi connectivity index (χ1v) is 6.49. The highest BCUT2D eigenvalue weighted by molar-refractivity contribution is 5.96. The van der Waals surface area contributed by atoms with E-state index >= 15 is 0 Å². The molecule has 1 aromatic carbocycles. The molecule has 1 amide bonds. The summed E-state index contributed by atoms with van der Waals surface area (Å²) in [7, 11) is 0. The summed E-state index contributed by atoms with van der Waals surface area (Å²) in [4.78, 5) is 14.2. The second-order valence-corrected chi connectivity index (χ2v) is 5.51. The second-order valence-electron chi connectivity index (χ2n) is 5.51. The standard InChI is InChI=1S/C15H23NO2/c1-11(2)9-16(10-12(3)4)15(18)13-7-5-6-8-14(13)17/h5-8,11-12,17H,9-10H2,1-4H3. The first kappa shape index (κ1) is 14.6. The zero-order chi connectivity index (χ0) is 13.7. The van der Waals surface area contributed by atoms with Crippen LogP contribution < -0.4 is 0 Å². The normalized spacial score (nSPS) is 11.0. The van der Waals surface area contributed by atoms with Gasteiger partial charge in [-0.25, -0.2) is 0 Å². The molecular formula is C15H23NO2. The second kappa shape index (κ2) is 6.43. The van der Waals surface area contributed by atoms with E-state index in [1.54, 1.807) is 24.3 Å². The van der Waals surface area contributed by atoms with Crippen LogP contribution in [-0.2, 0) is 0 Å². The van der Waals surface area contributed by atoms with Crippen molar-refractivity contribution in [3.05, 3.63) is 29.8 Å². The molecule has 3 heteroatoms. The van der Waals surface area contributed by atoms with E-state index in [-0.39, 0.29) is 11.7 Å². The lowest BCUT2D eigenvalue weighted by molar-refractivity contribution is 0.0712. The Hall–Kier alpha value is -1.51. The third-order valence-corrected chi connectivity index (χ3v) is 2.59. The molecule has 0 unspecified atom stereocenters. The van der Waals surface area contributed by atoms with Crippen LogP contribution in [0, 0.1) is 11.8 Å². The predicted octanol–water partition coefficient (Wildman–Crippen LogP) is 3.15. The summed E-state index contributed by atoms with van der Waals surface area (Å²) in [6, 6.07) is 6.72. The van der Waals surface area contributed by atoms with Crippen LogP contribution in [0.15, 0.2) is 24.3 Å². The molecule has 0 aromatic heterocycles. The van der Waals surface area contributed by atoms with Gasteiger partial charge in [0, 0.05) is 13.1 Å². The minimum atomic E-state index is -0.0875. The molecule has 1 rings (SSSR count). The maximum atomic E-state index is 12.4. The zero-order valence-corrected chi connectivity index (χ0v) is 11.7. The lowest BCUT2D eigenvalue weighted by atomic mass is 10.1. The van der Waals surface area contributed by atoms with Crippen molar-refractivity contribution in [2.45, 2.75) is 27.7 Å². The molecule has 1 N–H and O–H groups in total. The van der Waals surface area contributed by atoms with Crippen molar-refractivity contribution < 1.29 is 9.90 Å². The number of nitrogens with zero attached hydrogens (tertiary/aromatic N) is 1. The van der Waals surface area contributed by atoms with Crippen LogP contribution in [0.25, 0.3) is 0 Å². The summed E-state index contributed by atoms with van der Waals surface area (Å²) in [6.45, 7) is 9.78. The molecule has 0 heterocycles. The average molecular weight is 249 g/mol. The van der Waals surface area contributed by atoms with Crippen molar-refractivity contribution in [2.24, 2.45) is 11.8 Å². The number of benzene rings is 1. The Morgan fingerprint density at radius 3 is 2.06 bits per heavy atom. The molecule has 3 nitrogen and oxygen atoms in total. The zero-order valence-electron chi connectivity index (χ0n) is 11.7. The number of hydrogen-bond donors (Lipinski definition) is 1. The number of aromatic hydroxyl groups is 1. The molecule has 0 spiro atoms. The maximum Gasteiger partial charge on any atom is 0.257 e. The van der Waals surface area contributed by atoms with Gasteiger partial charge >= 0.3 is 0 Å². The van der Waals surface area contributed by atoms with Gasteiger partial charge in [-0.05, 0) is 24.0 Å². The van der Waals surface area contributed by atoms with Crippen molar-refractivity contribution >= 4 is 5.91 Å². The fourth-order valence-electron chi connectivity index (χ4n) is 1.95. The molecule has 0 saturated carbocycles. The van der Waals surface area contributed by atoms with E-state index in [0.717, 1.165) is 0 Å². The molecule has 100 valence electrons. The third kappa shape index (κ3) is 4.06.